The van der Waals surface area contributed by atoms with Gasteiger partial charge >= 0.3 is 11.7 Å². The normalized spacial score (nSPS) is 15.9. The highest BCUT2D eigenvalue weighted by molar-refractivity contribution is 5.97. The number of aromatic nitrogens is 4. The number of anilines is 2. The van der Waals surface area contributed by atoms with Crippen molar-refractivity contribution in [3.63, 3.8) is 0 Å². The number of ether oxygens (including phenoxy) is 1. The van der Waals surface area contributed by atoms with Crippen LogP contribution >= 0.6 is 0 Å². The maximum Gasteiger partial charge on any atom is 0.349 e. The molecule has 0 unspecified atom stereocenters. The number of amides is 1. The molecular weight excluding hydrogens is 364 g/mol. The average Bonchev–Trinajstić information content (AvgIpc) is 3.28. The fraction of sp³-hybridized carbons (Fsp3) is 0.167. The van der Waals surface area contributed by atoms with Crippen LogP contribution in [0, 0.1) is 0 Å². The lowest BCUT2D eigenvalue weighted by Crippen LogP contribution is -2.37. The minimum Gasteiger partial charge on any atom is -0.464 e. The van der Waals surface area contributed by atoms with Crippen molar-refractivity contribution in [2.24, 2.45) is 0 Å². The molecular formula is C18H16N6O4. The number of H-pyrrole nitrogens is 1. The van der Waals surface area contributed by atoms with E-state index in [1.165, 1.54) is 4.68 Å². The molecule has 0 aliphatic carbocycles. The zero-order valence-electron chi connectivity index (χ0n) is 14.6. The van der Waals surface area contributed by atoms with Crippen LogP contribution in [0.5, 0.6) is 0 Å². The van der Waals surface area contributed by atoms with Crippen molar-refractivity contribution in [3.8, 4) is 5.69 Å². The van der Waals surface area contributed by atoms with Crippen LogP contribution in [0.2, 0.25) is 0 Å². The highest BCUT2D eigenvalue weighted by Crippen LogP contribution is 2.15. The fourth-order valence-electron chi connectivity index (χ4n) is 2.75. The van der Waals surface area contributed by atoms with Gasteiger partial charge in [-0.1, -0.05) is 0 Å². The highest BCUT2D eigenvalue weighted by atomic mass is 16.5. The van der Waals surface area contributed by atoms with Gasteiger partial charge in [0, 0.05) is 30.1 Å². The van der Waals surface area contributed by atoms with Gasteiger partial charge < -0.3 is 15.4 Å². The molecule has 1 fully saturated rings. The summed E-state index contributed by atoms with van der Waals surface area (Å²) in [6.45, 7) is 0.316. The van der Waals surface area contributed by atoms with Crippen molar-refractivity contribution in [1.82, 2.24) is 25.1 Å². The molecule has 3 heterocycles. The molecule has 28 heavy (non-hydrogen) atoms. The second-order valence-electron chi connectivity index (χ2n) is 6.08. The van der Waals surface area contributed by atoms with Crippen LogP contribution < -0.4 is 16.3 Å². The first-order valence-corrected chi connectivity index (χ1v) is 8.54. The Bertz CT molecular complexity index is 1060. The molecule has 0 radical (unpaired) electrons. The van der Waals surface area contributed by atoms with E-state index >= 15 is 0 Å². The number of benzene rings is 1. The summed E-state index contributed by atoms with van der Waals surface area (Å²) in [6, 6.07) is 9.29. The van der Waals surface area contributed by atoms with Gasteiger partial charge in [0.25, 0.3) is 5.91 Å². The lowest BCUT2D eigenvalue weighted by Gasteiger charge is -2.09. The zero-order valence-corrected chi connectivity index (χ0v) is 14.6. The van der Waals surface area contributed by atoms with E-state index in [0.717, 1.165) is 0 Å². The summed E-state index contributed by atoms with van der Waals surface area (Å²) >= 11 is 0. The maximum atomic E-state index is 12.2. The topological polar surface area (TPSA) is 131 Å². The number of aromatic amines is 1. The van der Waals surface area contributed by atoms with Gasteiger partial charge in [-0.3, -0.25) is 14.8 Å². The van der Waals surface area contributed by atoms with Gasteiger partial charge in [-0.2, -0.15) is 4.68 Å². The Balaban J connectivity index is 1.44. The molecule has 1 aliphatic rings. The van der Waals surface area contributed by atoms with E-state index in [2.05, 4.69) is 25.7 Å². The predicted octanol–water partition coefficient (Wildman–Crippen LogP) is 0.744. The van der Waals surface area contributed by atoms with E-state index in [-0.39, 0.29) is 11.9 Å². The number of cyclic esters (lactones) is 1. The third-order valence-corrected chi connectivity index (χ3v) is 4.18. The lowest BCUT2D eigenvalue weighted by atomic mass is 10.1. The van der Waals surface area contributed by atoms with Crippen molar-refractivity contribution in [3.05, 3.63) is 64.8 Å². The molecule has 2 aromatic heterocycles. The first-order valence-electron chi connectivity index (χ1n) is 8.54. The maximum absolute atomic E-state index is 12.2. The number of rotatable bonds is 5. The van der Waals surface area contributed by atoms with Gasteiger partial charge in [0.05, 0.1) is 12.3 Å². The van der Waals surface area contributed by atoms with E-state index in [1.807, 2.05) is 0 Å². The SMILES string of the molecule is O=C(N[C@@H]1CCOC1=O)c1ccc(Nc2nn(-c3ccncc3)c(=O)[nH]2)cc1. The minimum atomic E-state index is -0.604. The Morgan fingerprint density at radius 2 is 1.89 bits per heavy atom. The molecule has 1 atom stereocenters. The molecule has 1 amide bonds. The van der Waals surface area contributed by atoms with Gasteiger partial charge in [-0.05, 0) is 36.4 Å². The number of hydrogen-bond donors (Lipinski definition) is 3. The van der Waals surface area contributed by atoms with Crippen LogP contribution in [0.15, 0.2) is 53.6 Å². The van der Waals surface area contributed by atoms with Crippen LogP contribution in [0.4, 0.5) is 11.6 Å². The minimum absolute atomic E-state index is 0.257. The Morgan fingerprint density at radius 1 is 1.14 bits per heavy atom. The second-order valence-corrected chi connectivity index (χ2v) is 6.08. The molecule has 3 aromatic rings. The number of hydrogen-bond acceptors (Lipinski definition) is 7. The quantitative estimate of drug-likeness (QED) is 0.557. The average molecular weight is 380 g/mol. The summed E-state index contributed by atoms with van der Waals surface area (Å²) < 4.78 is 6.04. The van der Waals surface area contributed by atoms with E-state index < -0.39 is 17.7 Å². The standard InChI is InChI=1S/C18H16N6O4/c25-15(21-14-7-10-28-16(14)26)11-1-3-12(4-2-11)20-17-22-18(27)24(23-17)13-5-8-19-9-6-13/h1-6,8-9,14H,7,10H2,(H,21,25)(H2,20,22,23,27)/t14-/m1/s1. The number of carbonyl (C=O) groups is 2. The Kier molecular flexibility index (Phi) is 4.58. The lowest BCUT2D eigenvalue weighted by molar-refractivity contribution is -0.139. The van der Waals surface area contributed by atoms with E-state index in [9.17, 15) is 14.4 Å². The first-order chi connectivity index (χ1) is 13.6. The predicted molar refractivity (Wildman–Crippen MR) is 98.5 cm³/mol. The van der Waals surface area contributed by atoms with Crippen molar-refractivity contribution in [1.29, 1.82) is 0 Å². The van der Waals surface area contributed by atoms with Crippen molar-refractivity contribution >= 4 is 23.5 Å². The molecule has 4 rings (SSSR count). The number of carbonyl (C=O) groups excluding carboxylic acids is 2. The summed E-state index contributed by atoms with van der Waals surface area (Å²) in [6.07, 6.45) is 3.61. The van der Waals surface area contributed by atoms with E-state index in [0.29, 0.717) is 30.0 Å². The first kappa shape index (κ1) is 17.5. The van der Waals surface area contributed by atoms with Crippen molar-refractivity contribution < 1.29 is 14.3 Å². The molecule has 142 valence electrons. The van der Waals surface area contributed by atoms with Gasteiger partial charge in [-0.15, -0.1) is 5.10 Å². The molecule has 0 spiro atoms. The largest absolute Gasteiger partial charge is 0.464 e. The van der Waals surface area contributed by atoms with Gasteiger partial charge in [0.2, 0.25) is 5.95 Å². The molecule has 1 aromatic carbocycles. The van der Waals surface area contributed by atoms with E-state index in [1.54, 1.807) is 48.8 Å². The molecule has 0 saturated carbocycles. The molecule has 10 nitrogen and oxygen atoms in total. The summed E-state index contributed by atoms with van der Waals surface area (Å²) in [7, 11) is 0. The molecule has 3 N–H and O–H groups in total. The molecule has 10 heteroatoms. The van der Waals surface area contributed by atoms with Crippen molar-refractivity contribution in [2.75, 3.05) is 11.9 Å². The number of nitrogens with one attached hydrogen (secondary N) is 3. The van der Waals surface area contributed by atoms with Crippen LogP contribution in [0.25, 0.3) is 5.69 Å². The van der Waals surface area contributed by atoms with Crippen molar-refractivity contribution in [2.45, 2.75) is 12.5 Å². The molecule has 1 aliphatic heterocycles. The van der Waals surface area contributed by atoms with E-state index in [4.69, 9.17) is 4.74 Å². The monoisotopic (exact) mass is 380 g/mol. The second kappa shape index (κ2) is 7.35. The summed E-state index contributed by atoms with van der Waals surface area (Å²) in [5.41, 5.74) is 1.23. The third kappa shape index (κ3) is 3.61. The molecule has 1 saturated heterocycles. The Morgan fingerprint density at radius 3 is 2.57 bits per heavy atom. The van der Waals surface area contributed by atoms with Crippen LogP contribution in [-0.2, 0) is 9.53 Å². The number of esters is 1. The van der Waals surface area contributed by atoms with Crippen LogP contribution in [0.3, 0.4) is 0 Å². The van der Waals surface area contributed by atoms with Crippen LogP contribution in [-0.4, -0.2) is 44.3 Å². The smallest absolute Gasteiger partial charge is 0.349 e. The number of nitrogens with zero attached hydrogens (tertiary/aromatic N) is 3. The van der Waals surface area contributed by atoms with Gasteiger partial charge in [-0.25, -0.2) is 9.59 Å². The Labute approximate surface area is 158 Å². The summed E-state index contributed by atoms with van der Waals surface area (Å²) in [5.74, 6) is -0.515. The Hall–Kier alpha value is -3.95. The third-order valence-electron chi connectivity index (χ3n) is 4.18. The summed E-state index contributed by atoms with van der Waals surface area (Å²) in [4.78, 5) is 42.2. The van der Waals surface area contributed by atoms with Crippen LogP contribution in [0.1, 0.15) is 16.8 Å². The fourth-order valence-corrected chi connectivity index (χ4v) is 2.75. The molecule has 0 bridgehead atoms. The van der Waals surface area contributed by atoms with Gasteiger partial charge in [0.15, 0.2) is 0 Å². The highest BCUT2D eigenvalue weighted by Gasteiger charge is 2.28. The zero-order chi connectivity index (χ0) is 19.5. The number of pyridine rings is 1. The summed E-state index contributed by atoms with van der Waals surface area (Å²) in [5, 5.41) is 9.80. The van der Waals surface area contributed by atoms with Gasteiger partial charge in [0.1, 0.15) is 6.04 Å².